The van der Waals surface area contributed by atoms with Crippen molar-refractivity contribution in [1.29, 1.82) is 0 Å². The van der Waals surface area contributed by atoms with Gasteiger partial charge in [-0.15, -0.1) is 0 Å². The fourth-order valence-electron chi connectivity index (χ4n) is 0.509. The number of Topliss-reactive ketones (excluding diaryl/α,β-unsaturated/α-hetero) is 1. The summed E-state index contributed by atoms with van der Waals surface area (Å²) in [5, 5.41) is 3.72. The lowest BCUT2D eigenvalue weighted by atomic mass is 10.4. The summed E-state index contributed by atoms with van der Waals surface area (Å²) < 4.78 is 1.34. The molecule has 0 aliphatic heterocycles. The van der Waals surface area contributed by atoms with Crippen LogP contribution in [0.4, 0.5) is 0 Å². The zero-order valence-electron chi connectivity index (χ0n) is 5.61. The second-order valence-electron chi connectivity index (χ2n) is 1.84. The fourth-order valence-corrected chi connectivity index (χ4v) is 0.509. The summed E-state index contributed by atoms with van der Waals surface area (Å²) >= 11 is 0. The monoisotopic (exact) mass is 137 g/mol. The molecule has 1 rings (SSSR count). The van der Waals surface area contributed by atoms with Crippen LogP contribution in [0.5, 0.6) is 0 Å². The van der Waals surface area contributed by atoms with Crippen LogP contribution in [0.15, 0.2) is 19.2 Å². The van der Waals surface area contributed by atoms with Gasteiger partial charge in [0.2, 0.25) is 0 Å². The number of hydrogen-bond donors (Lipinski definition) is 0. The van der Waals surface area contributed by atoms with Gasteiger partial charge in [0.15, 0.2) is 5.78 Å². The third-order valence-electron chi connectivity index (χ3n) is 1.10. The minimum atomic E-state index is -0.106. The lowest BCUT2D eigenvalue weighted by Crippen LogP contribution is -2.03. The van der Waals surface area contributed by atoms with Gasteiger partial charge < -0.3 is 0 Å². The Morgan fingerprint density at radius 3 is 2.80 bits per heavy atom. The highest BCUT2D eigenvalue weighted by Crippen LogP contribution is 1.96. The summed E-state index contributed by atoms with van der Waals surface area (Å²) in [6.45, 7) is 4.94. The number of carbonyl (C=O) groups excluding carboxylic acids is 1. The van der Waals surface area contributed by atoms with Crippen LogP contribution in [-0.2, 0) is 4.79 Å². The molecule has 0 amide bonds. The van der Waals surface area contributed by atoms with Gasteiger partial charge in [-0.05, 0) is 0 Å². The van der Waals surface area contributed by atoms with Crippen molar-refractivity contribution >= 4 is 11.5 Å². The Bertz CT molecular complexity index is 250. The molecule has 0 saturated carbocycles. The van der Waals surface area contributed by atoms with Crippen molar-refractivity contribution in [2.45, 2.75) is 6.92 Å². The van der Waals surface area contributed by atoms with E-state index >= 15 is 0 Å². The second kappa shape index (κ2) is 2.43. The molecule has 0 N–H and O–H groups in total. The van der Waals surface area contributed by atoms with Crippen LogP contribution in [-0.4, -0.2) is 20.5 Å². The van der Waals surface area contributed by atoms with E-state index < -0.39 is 0 Å². The number of ketones is 1. The molecule has 4 heteroatoms. The molecular weight excluding hydrogens is 130 g/mol. The standard InChI is InChI=1S/C6H7N3O/c1-5(6(2)10)9-4-7-3-8-9/h3-4H,1H2,2H3. The fraction of sp³-hybridized carbons (Fsp3) is 0.167. The predicted molar refractivity (Wildman–Crippen MR) is 36.0 cm³/mol. The van der Waals surface area contributed by atoms with E-state index in [1.54, 1.807) is 0 Å². The number of rotatable bonds is 2. The van der Waals surface area contributed by atoms with E-state index in [0.717, 1.165) is 0 Å². The molecule has 0 atom stereocenters. The van der Waals surface area contributed by atoms with Gasteiger partial charge in [-0.2, -0.15) is 5.10 Å². The lowest BCUT2D eigenvalue weighted by Gasteiger charge is -1.96. The molecule has 4 nitrogen and oxygen atoms in total. The number of allylic oxidation sites excluding steroid dienone is 1. The average molecular weight is 137 g/mol. The molecule has 0 fully saturated rings. The first kappa shape index (κ1) is 6.67. The van der Waals surface area contributed by atoms with Crippen LogP contribution >= 0.6 is 0 Å². The van der Waals surface area contributed by atoms with Crippen molar-refractivity contribution in [1.82, 2.24) is 14.8 Å². The molecule has 10 heavy (non-hydrogen) atoms. The van der Waals surface area contributed by atoms with Crippen LogP contribution < -0.4 is 0 Å². The van der Waals surface area contributed by atoms with Gasteiger partial charge in [-0.1, -0.05) is 6.58 Å². The van der Waals surface area contributed by atoms with Crippen molar-refractivity contribution in [3.63, 3.8) is 0 Å². The number of nitrogens with zero attached hydrogens (tertiary/aromatic N) is 3. The van der Waals surface area contributed by atoms with Gasteiger partial charge in [-0.3, -0.25) is 4.79 Å². The Morgan fingerprint density at radius 2 is 2.40 bits per heavy atom. The maximum atomic E-state index is 10.7. The molecule has 1 heterocycles. The zero-order chi connectivity index (χ0) is 7.56. The average Bonchev–Trinajstić information content (AvgIpc) is 2.36. The van der Waals surface area contributed by atoms with E-state index in [1.807, 2.05) is 0 Å². The van der Waals surface area contributed by atoms with Crippen LogP contribution in [0, 0.1) is 0 Å². The molecule has 0 aliphatic rings. The first-order chi connectivity index (χ1) is 4.72. The first-order valence-corrected chi connectivity index (χ1v) is 2.76. The van der Waals surface area contributed by atoms with Gasteiger partial charge in [0.1, 0.15) is 18.4 Å². The van der Waals surface area contributed by atoms with E-state index in [4.69, 9.17) is 0 Å². The Hall–Kier alpha value is -1.45. The van der Waals surface area contributed by atoms with Gasteiger partial charge in [0, 0.05) is 6.92 Å². The molecule has 0 radical (unpaired) electrons. The molecule has 0 aliphatic carbocycles. The number of aromatic nitrogens is 3. The minimum Gasteiger partial charge on any atom is -0.293 e. The predicted octanol–water partition coefficient (Wildman–Crippen LogP) is 0.338. The van der Waals surface area contributed by atoms with E-state index in [0.29, 0.717) is 5.70 Å². The molecule has 1 aromatic rings. The molecule has 0 unspecified atom stereocenters. The van der Waals surface area contributed by atoms with Gasteiger partial charge >= 0.3 is 0 Å². The van der Waals surface area contributed by atoms with Crippen LogP contribution in [0.25, 0.3) is 5.70 Å². The molecule has 0 aromatic carbocycles. The summed E-state index contributed by atoms with van der Waals surface area (Å²) in [5.41, 5.74) is 0.331. The molecule has 0 spiro atoms. The Labute approximate surface area is 58.2 Å². The largest absolute Gasteiger partial charge is 0.293 e. The molecule has 1 aromatic heterocycles. The summed E-state index contributed by atoms with van der Waals surface area (Å²) in [6, 6.07) is 0. The molecule has 0 bridgehead atoms. The van der Waals surface area contributed by atoms with E-state index in [9.17, 15) is 4.79 Å². The third-order valence-corrected chi connectivity index (χ3v) is 1.10. The zero-order valence-corrected chi connectivity index (χ0v) is 5.61. The smallest absolute Gasteiger partial charge is 0.177 e. The maximum absolute atomic E-state index is 10.7. The molecule has 52 valence electrons. The first-order valence-electron chi connectivity index (χ1n) is 2.76. The van der Waals surface area contributed by atoms with Crippen molar-refractivity contribution in [2.24, 2.45) is 0 Å². The van der Waals surface area contributed by atoms with E-state index in [2.05, 4.69) is 16.7 Å². The SMILES string of the molecule is C=C(C(C)=O)n1cncn1. The lowest BCUT2D eigenvalue weighted by molar-refractivity contribution is -0.112. The molecular formula is C6H7N3O. The van der Waals surface area contributed by atoms with Crippen molar-refractivity contribution < 1.29 is 4.79 Å². The topological polar surface area (TPSA) is 47.8 Å². The molecule has 0 saturated heterocycles. The Kier molecular flexibility index (Phi) is 1.62. The van der Waals surface area contributed by atoms with E-state index in [-0.39, 0.29) is 5.78 Å². The van der Waals surface area contributed by atoms with Crippen LogP contribution in [0.3, 0.4) is 0 Å². The quantitative estimate of drug-likeness (QED) is 0.552. The van der Waals surface area contributed by atoms with Crippen molar-refractivity contribution in [3.05, 3.63) is 19.2 Å². The van der Waals surface area contributed by atoms with Crippen molar-refractivity contribution in [2.75, 3.05) is 0 Å². The van der Waals surface area contributed by atoms with Gasteiger partial charge in [-0.25, -0.2) is 9.67 Å². The maximum Gasteiger partial charge on any atom is 0.177 e. The Balaban J connectivity index is 2.88. The van der Waals surface area contributed by atoms with Crippen LogP contribution in [0.1, 0.15) is 6.92 Å². The highest BCUT2D eigenvalue weighted by atomic mass is 16.1. The number of carbonyl (C=O) groups is 1. The normalized spacial score (nSPS) is 9.30. The van der Waals surface area contributed by atoms with Gasteiger partial charge in [0.25, 0.3) is 0 Å². The summed E-state index contributed by atoms with van der Waals surface area (Å²) in [6.07, 6.45) is 2.79. The highest BCUT2D eigenvalue weighted by Gasteiger charge is 2.01. The number of hydrogen-bond acceptors (Lipinski definition) is 3. The van der Waals surface area contributed by atoms with Gasteiger partial charge in [0.05, 0.1) is 0 Å². The summed E-state index contributed by atoms with van der Waals surface area (Å²) in [5.74, 6) is -0.106. The summed E-state index contributed by atoms with van der Waals surface area (Å²) in [7, 11) is 0. The Morgan fingerprint density at radius 1 is 1.70 bits per heavy atom. The van der Waals surface area contributed by atoms with Crippen molar-refractivity contribution in [3.8, 4) is 0 Å². The van der Waals surface area contributed by atoms with Crippen LogP contribution in [0.2, 0.25) is 0 Å². The minimum absolute atomic E-state index is 0.106. The van der Waals surface area contributed by atoms with E-state index in [1.165, 1.54) is 24.3 Å². The summed E-state index contributed by atoms with van der Waals surface area (Å²) in [4.78, 5) is 14.3. The third kappa shape index (κ3) is 1.10. The highest BCUT2D eigenvalue weighted by molar-refractivity contribution is 6.12. The second-order valence-corrected chi connectivity index (χ2v) is 1.84.